The third kappa shape index (κ3) is 3.57. The van der Waals surface area contributed by atoms with Crippen molar-refractivity contribution in [1.29, 1.82) is 0 Å². The van der Waals surface area contributed by atoms with Gasteiger partial charge in [0.15, 0.2) is 0 Å². The van der Waals surface area contributed by atoms with E-state index in [4.69, 9.17) is 10.5 Å². The van der Waals surface area contributed by atoms with Gasteiger partial charge in [0.2, 0.25) is 0 Å². The zero-order valence-electron chi connectivity index (χ0n) is 15.4. The lowest BCUT2D eigenvalue weighted by Gasteiger charge is -2.07. The molecule has 0 aliphatic rings. The van der Waals surface area contributed by atoms with Gasteiger partial charge in [-0.05, 0) is 72.7 Å². The zero-order chi connectivity index (χ0) is 17.8. The first-order valence-corrected chi connectivity index (χ1v) is 9.13. The molecule has 0 spiro atoms. The van der Waals surface area contributed by atoms with Gasteiger partial charge >= 0.3 is 0 Å². The van der Waals surface area contributed by atoms with Crippen molar-refractivity contribution in [3.8, 4) is 17.0 Å². The number of aromatic amines is 1. The smallest absolute Gasteiger partial charge is 0.118 e. The molecule has 0 saturated heterocycles. The summed E-state index contributed by atoms with van der Waals surface area (Å²) < 4.78 is 5.30. The van der Waals surface area contributed by atoms with Gasteiger partial charge in [-0.3, -0.25) is 0 Å². The van der Waals surface area contributed by atoms with Gasteiger partial charge in [-0.2, -0.15) is 0 Å². The van der Waals surface area contributed by atoms with Gasteiger partial charge < -0.3 is 15.5 Å². The number of aromatic nitrogens is 1. The highest BCUT2D eigenvalue weighted by atomic mass is 16.5. The molecule has 25 heavy (non-hydrogen) atoms. The summed E-state index contributed by atoms with van der Waals surface area (Å²) >= 11 is 0. The van der Waals surface area contributed by atoms with Crippen molar-refractivity contribution in [2.75, 3.05) is 13.7 Å². The average molecular weight is 336 g/mol. The number of fused-ring (bicyclic) bond motifs is 1. The number of hydrogen-bond acceptors (Lipinski definition) is 2. The SMILES string of the molecule is COc1ccc(-c2[nH]c3c(C(C)C)cccc3c2CCCCN)cc1. The summed E-state index contributed by atoms with van der Waals surface area (Å²) in [6, 6.07) is 14.9. The highest BCUT2D eigenvalue weighted by Crippen LogP contribution is 2.35. The summed E-state index contributed by atoms with van der Waals surface area (Å²) in [6.45, 7) is 5.24. The maximum atomic E-state index is 5.70. The number of nitrogens with one attached hydrogen (secondary N) is 1. The van der Waals surface area contributed by atoms with Gasteiger partial charge in [-0.25, -0.2) is 0 Å². The fourth-order valence-electron chi connectivity index (χ4n) is 3.49. The molecular formula is C22H28N2O. The number of benzene rings is 2. The largest absolute Gasteiger partial charge is 0.497 e. The molecule has 0 unspecified atom stereocenters. The topological polar surface area (TPSA) is 51.0 Å². The molecule has 0 atom stereocenters. The van der Waals surface area contributed by atoms with Gasteiger partial charge in [-0.1, -0.05) is 32.0 Å². The van der Waals surface area contributed by atoms with Crippen LogP contribution in [0.15, 0.2) is 42.5 Å². The molecular weight excluding hydrogens is 308 g/mol. The van der Waals surface area contributed by atoms with Gasteiger partial charge in [0.1, 0.15) is 5.75 Å². The number of ether oxygens (including phenoxy) is 1. The Kier molecular flexibility index (Phi) is 5.44. The molecule has 0 saturated carbocycles. The Morgan fingerprint density at radius 2 is 1.80 bits per heavy atom. The quantitative estimate of drug-likeness (QED) is 0.579. The van der Waals surface area contributed by atoms with Crippen LogP contribution in [-0.4, -0.2) is 18.6 Å². The molecule has 3 heteroatoms. The van der Waals surface area contributed by atoms with E-state index in [0.29, 0.717) is 5.92 Å². The summed E-state index contributed by atoms with van der Waals surface area (Å²) in [5.41, 5.74) is 12.2. The Morgan fingerprint density at radius 3 is 2.44 bits per heavy atom. The Morgan fingerprint density at radius 1 is 1.04 bits per heavy atom. The van der Waals surface area contributed by atoms with Crippen molar-refractivity contribution in [2.45, 2.75) is 39.0 Å². The van der Waals surface area contributed by atoms with Crippen molar-refractivity contribution >= 4 is 10.9 Å². The fourth-order valence-corrected chi connectivity index (χ4v) is 3.49. The summed E-state index contributed by atoms with van der Waals surface area (Å²) in [4.78, 5) is 3.72. The van der Waals surface area contributed by atoms with Crippen LogP contribution in [0.3, 0.4) is 0 Å². The average Bonchev–Trinajstić information content (AvgIpc) is 3.00. The van der Waals surface area contributed by atoms with Crippen LogP contribution in [0.4, 0.5) is 0 Å². The normalized spacial score (nSPS) is 11.4. The predicted molar refractivity (Wildman–Crippen MR) is 106 cm³/mol. The van der Waals surface area contributed by atoms with E-state index in [9.17, 15) is 0 Å². The zero-order valence-corrected chi connectivity index (χ0v) is 15.4. The van der Waals surface area contributed by atoms with E-state index in [1.807, 2.05) is 12.1 Å². The first kappa shape index (κ1) is 17.6. The van der Waals surface area contributed by atoms with E-state index in [-0.39, 0.29) is 0 Å². The number of aryl methyl sites for hydroxylation is 1. The Hall–Kier alpha value is -2.26. The minimum Gasteiger partial charge on any atom is -0.497 e. The van der Waals surface area contributed by atoms with Gasteiger partial charge in [-0.15, -0.1) is 0 Å². The summed E-state index contributed by atoms with van der Waals surface area (Å²) in [7, 11) is 1.70. The molecule has 0 fully saturated rings. The lowest BCUT2D eigenvalue weighted by Crippen LogP contribution is -1.99. The van der Waals surface area contributed by atoms with Crippen LogP contribution in [0.5, 0.6) is 5.75 Å². The van der Waals surface area contributed by atoms with E-state index >= 15 is 0 Å². The Balaban J connectivity index is 2.13. The van der Waals surface area contributed by atoms with E-state index in [1.165, 1.54) is 33.3 Å². The molecule has 132 valence electrons. The van der Waals surface area contributed by atoms with Crippen LogP contribution < -0.4 is 10.5 Å². The minimum atomic E-state index is 0.489. The second-order valence-electron chi connectivity index (χ2n) is 6.88. The molecule has 3 nitrogen and oxygen atoms in total. The first-order valence-electron chi connectivity index (χ1n) is 9.13. The molecule has 0 aliphatic carbocycles. The molecule has 0 bridgehead atoms. The van der Waals surface area contributed by atoms with Crippen LogP contribution in [0.2, 0.25) is 0 Å². The van der Waals surface area contributed by atoms with Crippen molar-refractivity contribution in [3.63, 3.8) is 0 Å². The number of unbranched alkanes of at least 4 members (excludes halogenated alkanes) is 1. The standard InChI is InChI=1S/C22H28N2O/c1-15(2)18-8-6-9-20-19(7-4-5-14-23)21(24-22(18)20)16-10-12-17(25-3)13-11-16/h6,8-13,15,24H,4-5,7,14,23H2,1-3H3. The number of para-hydroxylation sites is 1. The van der Waals surface area contributed by atoms with Crippen LogP contribution in [0.25, 0.3) is 22.2 Å². The Bertz CT molecular complexity index is 831. The van der Waals surface area contributed by atoms with E-state index in [0.717, 1.165) is 31.6 Å². The number of methoxy groups -OCH3 is 1. The molecule has 2 aromatic carbocycles. The van der Waals surface area contributed by atoms with E-state index in [2.05, 4.69) is 49.2 Å². The third-order valence-electron chi connectivity index (χ3n) is 4.86. The highest BCUT2D eigenvalue weighted by molar-refractivity contribution is 5.93. The van der Waals surface area contributed by atoms with E-state index < -0.39 is 0 Å². The summed E-state index contributed by atoms with van der Waals surface area (Å²) in [6.07, 6.45) is 3.21. The van der Waals surface area contributed by atoms with Crippen molar-refractivity contribution in [2.24, 2.45) is 5.73 Å². The lowest BCUT2D eigenvalue weighted by atomic mass is 9.96. The highest BCUT2D eigenvalue weighted by Gasteiger charge is 2.16. The molecule has 0 aliphatic heterocycles. The van der Waals surface area contributed by atoms with Crippen molar-refractivity contribution in [1.82, 2.24) is 4.98 Å². The molecule has 1 heterocycles. The second kappa shape index (κ2) is 7.75. The number of H-pyrrole nitrogens is 1. The molecule has 3 aromatic rings. The molecule has 3 rings (SSSR count). The molecule has 3 N–H and O–H groups in total. The predicted octanol–water partition coefficient (Wildman–Crippen LogP) is 5.25. The maximum Gasteiger partial charge on any atom is 0.118 e. The number of hydrogen-bond donors (Lipinski definition) is 2. The van der Waals surface area contributed by atoms with Crippen LogP contribution in [0, 0.1) is 0 Å². The molecule has 1 aromatic heterocycles. The van der Waals surface area contributed by atoms with Gasteiger partial charge in [0, 0.05) is 16.6 Å². The van der Waals surface area contributed by atoms with E-state index in [1.54, 1.807) is 7.11 Å². The third-order valence-corrected chi connectivity index (χ3v) is 4.86. The fraction of sp³-hybridized carbons (Fsp3) is 0.364. The van der Waals surface area contributed by atoms with Crippen molar-refractivity contribution in [3.05, 3.63) is 53.6 Å². The Labute approximate surface area is 150 Å². The first-order chi connectivity index (χ1) is 12.2. The minimum absolute atomic E-state index is 0.489. The monoisotopic (exact) mass is 336 g/mol. The summed E-state index contributed by atoms with van der Waals surface area (Å²) in [5.74, 6) is 1.37. The molecule has 0 radical (unpaired) electrons. The summed E-state index contributed by atoms with van der Waals surface area (Å²) in [5, 5.41) is 1.34. The van der Waals surface area contributed by atoms with Crippen LogP contribution in [0.1, 0.15) is 43.7 Å². The van der Waals surface area contributed by atoms with Crippen LogP contribution >= 0.6 is 0 Å². The number of rotatable bonds is 7. The van der Waals surface area contributed by atoms with Gasteiger partial charge in [0.25, 0.3) is 0 Å². The lowest BCUT2D eigenvalue weighted by molar-refractivity contribution is 0.415. The number of nitrogens with two attached hydrogens (primary N) is 1. The second-order valence-corrected chi connectivity index (χ2v) is 6.88. The molecule has 0 amide bonds. The van der Waals surface area contributed by atoms with Gasteiger partial charge in [0.05, 0.1) is 7.11 Å². The maximum absolute atomic E-state index is 5.70. The van der Waals surface area contributed by atoms with Crippen molar-refractivity contribution < 1.29 is 4.74 Å². The van der Waals surface area contributed by atoms with Crippen LogP contribution in [-0.2, 0) is 6.42 Å².